The summed E-state index contributed by atoms with van der Waals surface area (Å²) in [7, 11) is 1.46. The van der Waals surface area contributed by atoms with Crippen LogP contribution >= 0.6 is 0 Å². The number of carboxylic acids is 1. The van der Waals surface area contributed by atoms with Crippen LogP contribution in [0.3, 0.4) is 0 Å². The molecule has 2 aromatic carbocycles. The predicted octanol–water partition coefficient (Wildman–Crippen LogP) is 5.05. The molecule has 6 nitrogen and oxygen atoms in total. The van der Waals surface area contributed by atoms with Crippen LogP contribution in [0.25, 0.3) is 0 Å². The number of carbonyl (C=O) groups is 1. The van der Waals surface area contributed by atoms with Crippen LogP contribution in [-0.2, 0) is 17.4 Å². The Balaban J connectivity index is 1.91. The van der Waals surface area contributed by atoms with Crippen molar-refractivity contribution in [3.05, 3.63) is 77.6 Å². The highest BCUT2D eigenvalue weighted by Gasteiger charge is 2.35. The summed E-state index contributed by atoms with van der Waals surface area (Å²) in [6.07, 6.45) is -0.477. The van der Waals surface area contributed by atoms with Gasteiger partial charge in [0, 0.05) is 7.05 Å². The number of aliphatic imine (C=N–C) groups is 1. The minimum Gasteiger partial charge on any atom is -0.481 e. The van der Waals surface area contributed by atoms with Gasteiger partial charge in [0.15, 0.2) is 5.76 Å². The Morgan fingerprint density at radius 1 is 1.13 bits per heavy atom. The Kier molecular flexibility index (Phi) is 6.24. The second kappa shape index (κ2) is 8.86. The van der Waals surface area contributed by atoms with Crippen molar-refractivity contribution in [1.82, 2.24) is 0 Å². The normalized spacial score (nSPS) is 15.0. The van der Waals surface area contributed by atoms with Gasteiger partial charge in [0.1, 0.15) is 28.5 Å². The van der Waals surface area contributed by atoms with Crippen LogP contribution in [0.4, 0.5) is 13.2 Å². The number of halogens is 3. The largest absolute Gasteiger partial charge is 0.481 e. The summed E-state index contributed by atoms with van der Waals surface area (Å²) in [5.74, 6) is -1.40. The lowest BCUT2D eigenvalue weighted by molar-refractivity contribution is -0.138. The van der Waals surface area contributed by atoms with E-state index in [4.69, 9.17) is 20.0 Å². The number of hydrogen-bond acceptors (Lipinski definition) is 5. The fourth-order valence-electron chi connectivity index (χ4n) is 2.87. The maximum absolute atomic E-state index is 13.7. The summed E-state index contributed by atoms with van der Waals surface area (Å²) >= 11 is 0. The smallest absolute Gasteiger partial charge is 0.420 e. The Morgan fingerprint density at radius 3 is 2.55 bits per heavy atom. The number of benzene rings is 2. The van der Waals surface area contributed by atoms with Crippen molar-refractivity contribution in [2.24, 2.45) is 4.99 Å². The van der Waals surface area contributed by atoms with E-state index in [2.05, 4.69) is 4.99 Å². The van der Waals surface area contributed by atoms with Crippen LogP contribution in [0.1, 0.15) is 11.1 Å². The van der Waals surface area contributed by atoms with Crippen molar-refractivity contribution >= 4 is 17.4 Å². The molecule has 0 atom stereocenters. The molecule has 9 heteroatoms. The highest BCUT2D eigenvalue weighted by Crippen LogP contribution is 2.40. The zero-order chi connectivity index (χ0) is 22.6. The Labute approximate surface area is 175 Å². The van der Waals surface area contributed by atoms with Crippen molar-refractivity contribution in [3.63, 3.8) is 0 Å². The van der Waals surface area contributed by atoms with Gasteiger partial charge in [0.25, 0.3) is 0 Å². The van der Waals surface area contributed by atoms with E-state index in [9.17, 15) is 18.0 Å². The Bertz CT molecular complexity index is 1120. The second-order valence-electron chi connectivity index (χ2n) is 6.45. The molecule has 2 N–H and O–H groups in total. The molecule has 0 saturated heterocycles. The molecule has 0 saturated carbocycles. The minimum absolute atomic E-state index is 0.0758. The topological polar surface area (TPSA) is 92.0 Å². The van der Waals surface area contributed by atoms with Gasteiger partial charge in [-0.1, -0.05) is 18.2 Å². The van der Waals surface area contributed by atoms with Crippen LogP contribution in [0.15, 0.2) is 71.4 Å². The molecule has 2 aromatic rings. The van der Waals surface area contributed by atoms with Crippen LogP contribution in [-0.4, -0.2) is 29.5 Å². The third-order valence-corrected chi connectivity index (χ3v) is 4.19. The number of ether oxygens (including phenoxy) is 2. The number of rotatable bonds is 6. The van der Waals surface area contributed by atoms with Crippen molar-refractivity contribution in [3.8, 4) is 17.2 Å². The average molecular weight is 430 g/mol. The van der Waals surface area contributed by atoms with E-state index in [-0.39, 0.29) is 35.1 Å². The number of carboxylic acid groups (broad SMARTS) is 1. The van der Waals surface area contributed by atoms with Crippen LogP contribution < -0.4 is 9.47 Å². The molecule has 0 aromatic heterocycles. The molecule has 0 amide bonds. The van der Waals surface area contributed by atoms with Crippen molar-refractivity contribution in [2.45, 2.75) is 12.6 Å². The van der Waals surface area contributed by atoms with E-state index in [1.54, 1.807) is 12.1 Å². The molecule has 0 aliphatic heterocycles. The van der Waals surface area contributed by atoms with Gasteiger partial charge in [0.2, 0.25) is 0 Å². The summed E-state index contributed by atoms with van der Waals surface area (Å²) < 4.78 is 52.0. The third kappa shape index (κ3) is 5.39. The number of hydrogen-bond donors (Lipinski definition) is 2. The molecular formula is C22H17F3N2O4. The third-order valence-electron chi connectivity index (χ3n) is 4.19. The number of allylic oxidation sites excluding steroid dienone is 4. The fourth-order valence-corrected chi connectivity index (χ4v) is 2.87. The number of nitrogens with one attached hydrogen (secondary N) is 1. The van der Waals surface area contributed by atoms with Crippen molar-refractivity contribution in [1.29, 1.82) is 5.41 Å². The Morgan fingerprint density at radius 2 is 1.87 bits per heavy atom. The monoisotopic (exact) mass is 430 g/mol. The van der Waals surface area contributed by atoms with Crippen molar-refractivity contribution in [2.75, 3.05) is 7.05 Å². The summed E-state index contributed by atoms with van der Waals surface area (Å²) in [6, 6.07) is 9.07. The Hall–Kier alpha value is -3.88. The predicted molar refractivity (Wildman–Crippen MR) is 108 cm³/mol. The molecule has 160 valence electrons. The SMILES string of the molecule is CN=C1C(=N)C=CC=C1Oc1ccc(Oc2cccc(CC(=O)O)c2)c(C(F)(F)F)c1. The lowest BCUT2D eigenvalue weighted by Crippen LogP contribution is -2.20. The number of alkyl halides is 3. The maximum atomic E-state index is 13.7. The zero-order valence-electron chi connectivity index (χ0n) is 16.2. The molecule has 1 aliphatic carbocycles. The minimum atomic E-state index is -4.73. The second-order valence-corrected chi connectivity index (χ2v) is 6.45. The van der Waals surface area contributed by atoms with Crippen LogP contribution in [0.2, 0.25) is 0 Å². The highest BCUT2D eigenvalue weighted by atomic mass is 19.4. The van der Waals surface area contributed by atoms with Gasteiger partial charge in [0.05, 0.1) is 12.1 Å². The number of aliphatic carboxylic acids is 1. The molecule has 0 spiro atoms. The van der Waals surface area contributed by atoms with Gasteiger partial charge in [-0.2, -0.15) is 13.2 Å². The molecule has 0 fully saturated rings. The first-order valence-corrected chi connectivity index (χ1v) is 8.99. The van der Waals surface area contributed by atoms with Crippen molar-refractivity contribution < 1.29 is 32.5 Å². The molecule has 0 radical (unpaired) electrons. The molecule has 0 bridgehead atoms. The maximum Gasteiger partial charge on any atom is 0.420 e. The zero-order valence-corrected chi connectivity index (χ0v) is 16.2. The van der Waals surface area contributed by atoms with Gasteiger partial charge < -0.3 is 14.6 Å². The molecular weight excluding hydrogens is 413 g/mol. The fraction of sp³-hybridized carbons (Fsp3) is 0.136. The average Bonchev–Trinajstić information content (AvgIpc) is 2.68. The first-order chi connectivity index (χ1) is 14.7. The highest BCUT2D eigenvalue weighted by molar-refractivity contribution is 6.51. The number of nitrogens with zero attached hydrogens (tertiary/aromatic N) is 1. The van der Waals surface area contributed by atoms with E-state index < -0.39 is 23.5 Å². The molecule has 1 aliphatic rings. The first-order valence-electron chi connectivity index (χ1n) is 8.99. The molecule has 31 heavy (non-hydrogen) atoms. The van der Waals surface area contributed by atoms with E-state index in [1.165, 1.54) is 43.5 Å². The lowest BCUT2D eigenvalue weighted by Gasteiger charge is -2.18. The van der Waals surface area contributed by atoms with Gasteiger partial charge in [-0.05, 0) is 48.0 Å². The molecule has 3 rings (SSSR count). The molecule has 0 unspecified atom stereocenters. The summed E-state index contributed by atoms with van der Waals surface area (Å²) in [5, 5.41) is 16.7. The van der Waals surface area contributed by atoms with Gasteiger partial charge in [-0.15, -0.1) is 0 Å². The van der Waals surface area contributed by atoms with E-state index in [0.29, 0.717) is 5.56 Å². The van der Waals surface area contributed by atoms with Gasteiger partial charge in [-0.25, -0.2) is 0 Å². The first kappa shape index (κ1) is 21.8. The van der Waals surface area contributed by atoms with Gasteiger partial charge in [-0.3, -0.25) is 15.2 Å². The quantitative estimate of drug-likeness (QED) is 0.628. The summed E-state index contributed by atoms with van der Waals surface area (Å²) in [4.78, 5) is 14.8. The lowest BCUT2D eigenvalue weighted by atomic mass is 10.1. The van der Waals surface area contributed by atoms with Crippen LogP contribution in [0, 0.1) is 5.41 Å². The summed E-state index contributed by atoms with van der Waals surface area (Å²) in [6.45, 7) is 0. The van der Waals surface area contributed by atoms with E-state index in [0.717, 1.165) is 12.1 Å². The van der Waals surface area contributed by atoms with E-state index in [1.807, 2.05) is 0 Å². The molecule has 0 heterocycles. The van der Waals surface area contributed by atoms with E-state index >= 15 is 0 Å². The standard InChI is InChI=1S/C22H17F3N2O4/c1-27-21-17(26)6-3-7-19(21)31-15-8-9-18(16(12-15)22(23,24)25)30-14-5-2-4-13(10-14)11-20(28)29/h2-10,12,26H,11H2,1H3,(H,28,29). The summed E-state index contributed by atoms with van der Waals surface area (Å²) in [5.41, 5.74) is -0.376. The van der Waals surface area contributed by atoms with Crippen LogP contribution in [0.5, 0.6) is 17.2 Å². The van der Waals surface area contributed by atoms with Gasteiger partial charge >= 0.3 is 12.1 Å².